The maximum Gasteiger partial charge on any atom is 0.258 e. The molecule has 0 spiro atoms. The van der Waals surface area contributed by atoms with E-state index in [2.05, 4.69) is 20.8 Å². The number of carbonyl (C=O) groups is 2. The van der Waals surface area contributed by atoms with Crippen LogP contribution in [-0.4, -0.2) is 45.5 Å². The summed E-state index contributed by atoms with van der Waals surface area (Å²) in [4.78, 5) is 24.9. The molecule has 4 rings (SSSR count). The second-order valence-electron chi connectivity index (χ2n) is 8.02. The Morgan fingerprint density at radius 2 is 1.59 bits per heavy atom. The number of nitrogens with one attached hydrogen (secondary N) is 2. The van der Waals surface area contributed by atoms with E-state index >= 15 is 0 Å². The molecule has 0 fully saturated rings. The molecular formula is C27H25ClFN5O4S. The van der Waals surface area contributed by atoms with Crippen LogP contribution in [0.15, 0.2) is 78.0 Å². The van der Waals surface area contributed by atoms with Crippen molar-refractivity contribution in [2.24, 2.45) is 0 Å². The van der Waals surface area contributed by atoms with E-state index in [4.69, 9.17) is 21.1 Å². The molecule has 0 aliphatic heterocycles. The highest BCUT2D eigenvalue weighted by molar-refractivity contribution is 7.99. The standard InChI is InChI=1S/C27H25ClFN5O4S/c1-2-37-22-13-7-20(8-14-22)31-26(36)17-39-27-33-32-24(34(27)21-9-5-19(29)6-10-21)15-30-25(35)16-38-23-11-3-18(28)4-12-23/h3-14H,2,15-17H2,1H3,(H,30,35)(H,31,36). The normalized spacial score (nSPS) is 10.6. The van der Waals surface area contributed by atoms with E-state index in [0.29, 0.717) is 45.5 Å². The molecule has 0 saturated heterocycles. The summed E-state index contributed by atoms with van der Waals surface area (Å²) in [6, 6.07) is 19.5. The highest BCUT2D eigenvalue weighted by Gasteiger charge is 2.17. The Bertz CT molecular complexity index is 1400. The zero-order valence-corrected chi connectivity index (χ0v) is 22.5. The number of halogens is 2. The zero-order chi connectivity index (χ0) is 27.6. The second kappa shape index (κ2) is 13.6. The summed E-state index contributed by atoms with van der Waals surface area (Å²) in [7, 11) is 0. The first-order chi connectivity index (χ1) is 18.9. The van der Waals surface area contributed by atoms with Gasteiger partial charge in [-0.2, -0.15) is 0 Å². The fraction of sp³-hybridized carbons (Fsp3) is 0.185. The minimum atomic E-state index is -0.398. The molecule has 39 heavy (non-hydrogen) atoms. The first-order valence-electron chi connectivity index (χ1n) is 11.9. The first kappa shape index (κ1) is 27.9. The van der Waals surface area contributed by atoms with Crippen molar-refractivity contribution in [3.63, 3.8) is 0 Å². The Balaban J connectivity index is 1.39. The Morgan fingerprint density at radius 3 is 2.28 bits per heavy atom. The number of thioether (sulfide) groups is 1. The molecule has 1 aromatic heterocycles. The molecular weight excluding hydrogens is 545 g/mol. The van der Waals surface area contributed by atoms with Crippen molar-refractivity contribution in [1.82, 2.24) is 20.1 Å². The molecule has 0 aliphatic carbocycles. The van der Waals surface area contributed by atoms with Gasteiger partial charge in [-0.25, -0.2) is 4.39 Å². The molecule has 1 heterocycles. The van der Waals surface area contributed by atoms with E-state index in [1.165, 1.54) is 12.1 Å². The van der Waals surface area contributed by atoms with Crippen LogP contribution in [0.2, 0.25) is 5.02 Å². The molecule has 0 atom stereocenters. The van der Waals surface area contributed by atoms with Crippen LogP contribution in [0.5, 0.6) is 11.5 Å². The van der Waals surface area contributed by atoms with Gasteiger partial charge in [0.25, 0.3) is 5.91 Å². The molecule has 0 aliphatic rings. The number of hydrogen-bond acceptors (Lipinski definition) is 7. The maximum atomic E-state index is 13.6. The van der Waals surface area contributed by atoms with E-state index in [1.807, 2.05) is 6.92 Å². The topological polar surface area (TPSA) is 107 Å². The van der Waals surface area contributed by atoms with Crippen molar-refractivity contribution in [2.45, 2.75) is 18.6 Å². The molecule has 3 aromatic carbocycles. The van der Waals surface area contributed by atoms with Crippen LogP contribution in [0.1, 0.15) is 12.7 Å². The molecule has 12 heteroatoms. The molecule has 0 radical (unpaired) electrons. The van der Waals surface area contributed by atoms with Crippen LogP contribution in [0.25, 0.3) is 5.69 Å². The Hall–Kier alpha value is -4.09. The number of nitrogens with zero attached hydrogens (tertiary/aromatic N) is 3. The van der Waals surface area contributed by atoms with Gasteiger partial charge in [-0.1, -0.05) is 23.4 Å². The molecule has 2 amide bonds. The van der Waals surface area contributed by atoms with Crippen LogP contribution in [0, 0.1) is 5.82 Å². The van der Waals surface area contributed by atoms with Crippen LogP contribution >= 0.6 is 23.4 Å². The van der Waals surface area contributed by atoms with Gasteiger partial charge in [-0.05, 0) is 79.7 Å². The fourth-order valence-electron chi connectivity index (χ4n) is 3.39. The highest BCUT2D eigenvalue weighted by atomic mass is 35.5. The van der Waals surface area contributed by atoms with Gasteiger partial charge in [0.1, 0.15) is 17.3 Å². The Kier molecular flexibility index (Phi) is 9.76. The summed E-state index contributed by atoms with van der Waals surface area (Å²) in [5.74, 6) is 0.656. The van der Waals surface area contributed by atoms with Crippen LogP contribution in [0.3, 0.4) is 0 Å². The van der Waals surface area contributed by atoms with Crippen LogP contribution in [0.4, 0.5) is 10.1 Å². The third-order valence-electron chi connectivity index (χ3n) is 5.19. The van der Waals surface area contributed by atoms with Crippen molar-refractivity contribution in [3.8, 4) is 17.2 Å². The van der Waals surface area contributed by atoms with Gasteiger partial charge < -0.3 is 20.1 Å². The highest BCUT2D eigenvalue weighted by Crippen LogP contribution is 2.23. The Labute approximate surface area is 233 Å². The van der Waals surface area contributed by atoms with Gasteiger partial charge in [0, 0.05) is 16.4 Å². The lowest BCUT2D eigenvalue weighted by Crippen LogP contribution is -2.29. The van der Waals surface area contributed by atoms with Gasteiger partial charge in [0.05, 0.1) is 18.9 Å². The maximum absolute atomic E-state index is 13.6. The molecule has 0 saturated carbocycles. The number of benzene rings is 3. The number of aromatic nitrogens is 3. The summed E-state index contributed by atoms with van der Waals surface area (Å²) >= 11 is 7.02. The zero-order valence-electron chi connectivity index (χ0n) is 20.9. The average Bonchev–Trinajstić information content (AvgIpc) is 3.35. The third kappa shape index (κ3) is 8.20. The summed E-state index contributed by atoms with van der Waals surface area (Å²) in [5.41, 5.74) is 1.21. The van der Waals surface area contributed by atoms with Crippen LogP contribution in [-0.2, 0) is 16.1 Å². The van der Waals surface area contributed by atoms with Crippen molar-refractivity contribution in [2.75, 3.05) is 24.3 Å². The quantitative estimate of drug-likeness (QED) is 0.234. The van der Waals surface area contributed by atoms with E-state index in [1.54, 1.807) is 65.2 Å². The Morgan fingerprint density at radius 1 is 0.923 bits per heavy atom. The minimum Gasteiger partial charge on any atom is -0.494 e. The average molecular weight is 570 g/mol. The molecule has 0 unspecified atom stereocenters. The number of hydrogen-bond donors (Lipinski definition) is 2. The predicted octanol–water partition coefficient (Wildman–Crippen LogP) is 4.88. The number of rotatable bonds is 12. The smallest absolute Gasteiger partial charge is 0.258 e. The SMILES string of the molecule is CCOc1ccc(NC(=O)CSc2nnc(CNC(=O)COc3ccc(Cl)cc3)n2-c2ccc(F)cc2)cc1. The van der Waals surface area contributed by atoms with Gasteiger partial charge >= 0.3 is 0 Å². The first-order valence-corrected chi connectivity index (χ1v) is 13.3. The van der Waals surface area contributed by atoms with Crippen LogP contribution < -0.4 is 20.1 Å². The molecule has 2 N–H and O–H groups in total. The summed E-state index contributed by atoms with van der Waals surface area (Å²) in [6.07, 6.45) is 0. The largest absolute Gasteiger partial charge is 0.494 e. The minimum absolute atomic E-state index is 0.0339. The van der Waals surface area contributed by atoms with Crippen molar-refractivity contribution >= 4 is 40.9 Å². The number of carbonyl (C=O) groups excluding carboxylic acids is 2. The summed E-state index contributed by atoms with van der Waals surface area (Å²) in [5, 5.41) is 14.9. The second-order valence-corrected chi connectivity index (χ2v) is 9.40. The molecule has 0 bridgehead atoms. The number of anilines is 1. The van der Waals surface area contributed by atoms with Gasteiger partial charge in [-0.3, -0.25) is 14.2 Å². The molecule has 4 aromatic rings. The number of ether oxygens (including phenoxy) is 2. The molecule has 9 nitrogen and oxygen atoms in total. The fourth-order valence-corrected chi connectivity index (χ4v) is 4.29. The molecule has 202 valence electrons. The number of amides is 2. The van der Waals surface area contributed by atoms with Gasteiger partial charge in [-0.15, -0.1) is 10.2 Å². The monoisotopic (exact) mass is 569 g/mol. The predicted molar refractivity (Wildman–Crippen MR) is 147 cm³/mol. The van der Waals surface area contributed by atoms with Crippen molar-refractivity contribution in [1.29, 1.82) is 0 Å². The lowest BCUT2D eigenvalue weighted by Gasteiger charge is -2.12. The van der Waals surface area contributed by atoms with Gasteiger partial charge in [0.15, 0.2) is 17.6 Å². The summed E-state index contributed by atoms with van der Waals surface area (Å²) in [6.45, 7) is 2.28. The lowest BCUT2D eigenvalue weighted by molar-refractivity contribution is -0.123. The van der Waals surface area contributed by atoms with Crippen molar-refractivity contribution in [3.05, 3.63) is 89.5 Å². The third-order valence-corrected chi connectivity index (χ3v) is 6.37. The van der Waals surface area contributed by atoms with E-state index in [9.17, 15) is 14.0 Å². The van der Waals surface area contributed by atoms with Crippen molar-refractivity contribution < 1.29 is 23.5 Å². The van der Waals surface area contributed by atoms with E-state index < -0.39 is 5.82 Å². The van der Waals surface area contributed by atoms with Gasteiger partial charge in [0.2, 0.25) is 5.91 Å². The van der Waals surface area contributed by atoms with E-state index in [-0.39, 0.29) is 30.7 Å². The van der Waals surface area contributed by atoms with E-state index in [0.717, 1.165) is 11.8 Å². The summed E-state index contributed by atoms with van der Waals surface area (Å²) < 4.78 is 26.1. The lowest BCUT2D eigenvalue weighted by atomic mass is 10.3.